The Labute approximate surface area is 75.4 Å². The number of nitrogens with two attached hydrogens (primary N) is 2. The van der Waals surface area contributed by atoms with Crippen LogP contribution in [-0.4, -0.2) is 22.6 Å². The van der Waals surface area contributed by atoms with Crippen LogP contribution in [0, 0.1) is 0 Å². The third-order valence-corrected chi connectivity index (χ3v) is 1.62. The predicted molar refractivity (Wildman–Crippen MR) is 47.2 cm³/mol. The molecule has 0 aliphatic carbocycles. The number of aromatic nitrogens is 1. The molecule has 0 aromatic carbocycles. The van der Waals surface area contributed by atoms with Crippen LogP contribution in [-0.2, 0) is 0 Å². The van der Waals surface area contributed by atoms with Crippen LogP contribution in [0.2, 0.25) is 0 Å². The molecule has 0 spiro atoms. The van der Waals surface area contributed by atoms with Crippen molar-refractivity contribution in [1.29, 1.82) is 0 Å². The van der Waals surface area contributed by atoms with Gasteiger partial charge >= 0.3 is 5.97 Å². The monoisotopic (exact) mass is 181 g/mol. The van der Waals surface area contributed by atoms with E-state index in [9.17, 15) is 4.79 Å². The van der Waals surface area contributed by atoms with E-state index in [4.69, 9.17) is 16.6 Å². The summed E-state index contributed by atoms with van der Waals surface area (Å²) in [5.74, 6) is -1.06. The Kier molecular flexibility index (Phi) is 2.94. The molecule has 0 saturated carbocycles. The van der Waals surface area contributed by atoms with Gasteiger partial charge < -0.3 is 16.6 Å². The minimum absolute atomic E-state index is 0.0126. The summed E-state index contributed by atoms with van der Waals surface area (Å²) in [6, 6.07) is 4.26. The molecule has 1 atom stereocenters. The Hall–Kier alpha value is -1.46. The number of hydrogen-bond donors (Lipinski definition) is 3. The molecule has 1 heterocycles. The summed E-state index contributed by atoms with van der Waals surface area (Å²) in [7, 11) is 0. The summed E-state index contributed by atoms with van der Waals surface area (Å²) in [5.41, 5.74) is 11.4. The van der Waals surface area contributed by atoms with Gasteiger partial charge in [-0.25, -0.2) is 9.78 Å². The van der Waals surface area contributed by atoms with Gasteiger partial charge in [0, 0.05) is 6.54 Å². The highest BCUT2D eigenvalue weighted by Gasteiger charge is 2.09. The fourth-order valence-electron chi connectivity index (χ4n) is 0.898. The molecule has 0 aliphatic rings. The van der Waals surface area contributed by atoms with Crippen molar-refractivity contribution in [2.24, 2.45) is 11.5 Å². The van der Waals surface area contributed by atoms with E-state index < -0.39 is 12.0 Å². The van der Waals surface area contributed by atoms with E-state index in [2.05, 4.69) is 4.98 Å². The van der Waals surface area contributed by atoms with E-state index in [0.29, 0.717) is 5.69 Å². The first-order chi connectivity index (χ1) is 6.15. The van der Waals surface area contributed by atoms with Gasteiger partial charge in [0.2, 0.25) is 0 Å². The van der Waals surface area contributed by atoms with Gasteiger partial charge in [0.05, 0.1) is 11.7 Å². The average Bonchev–Trinajstić information content (AvgIpc) is 2.17. The van der Waals surface area contributed by atoms with Gasteiger partial charge in [-0.3, -0.25) is 0 Å². The molecule has 0 bridgehead atoms. The molecule has 0 saturated heterocycles. The molecule has 5 N–H and O–H groups in total. The summed E-state index contributed by atoms with van der Waals surface area (Å²) in [4.78, 5) is 14.4. The molecule has 0 aliphatic heterocycles. The van der Waals surface area contributed by atoms with Crippen molar-refractivity contribution in [3.05, 3.63) is 29.6 Å². The van der Waals surface area contributed by atoms with Gasteiger partial charge in [-0.15, -0.1) is 0 Å². The highest BCUT2D eigenvalue weighted by Crippen LogP contribution is 2.06. The summed E-state index contributed by atoms with van der Waals surface area (Å²) in [6.45, 7) is 0.246. The number of aromatic carboxylic acids is 1. The highest BCUT2D eigenvalue weighted by atomic mass is 16.4. The van der Waals surface area contributed by atoms with E-state index in [1.54, 1.807) is 12.1 Å². The normalized spacial score (nSPS) is 12.5. The van der Waals surface area contributed by atoms with Gasteiger partial charge in [0.25, 0.3) is 0 Å². The van der Waals surface area contributed by atoms with Gasteiger partial charge in [-0.2, -0.15) is 0 Å². The molecular formula is C8H11N3O2. The quantitative estimate of drug-likeness (QED) is 0.596. The molecule has 5 heteroatoms. The number of carboxylic acid groups (broad SMARTS) is 1. The number of nitrogens with zero attached hydrogens (tertiary/aromatic N) is 1. The van der Waals surface area contributed by atoms with Crippen LogP contribution in [0.3, 0.4) is 0 Å². The Morgan fingerprint density at radius 1 is 1.62 bits per heavy atom. The lowest BCUT2D eigenvalue weighted by Crippen LogP contribution is -2.22. The lowest BCUT2D eigenvalue weighted by Gasteiger charge is -2.07. The Bertz CT molecular complexity index is 314. The van der Waals surface area contributed by atoms with Crippen molar-refractivity contribution in [1.82, 2.24) is 4.98 Å². The van der Waals surface area contributed by atoms with E-state index in [0.717, 1.165) is 0 Å². The minimum Gasteiger partial charge on any atom is -0.477 e. The zero-order chi connectivity index (χ0) is 9.84. The lowest BCUT2D eigenvalue weighted by molar-refractivity contribution is 0.0690. The number of carboxylic acids is 1. The second-order valence-corrected chi connectivity index (χ2v) is 2.60. The third kappa shape index (κ3) is 2.24. The SMILES string of the molecule is NC[C@@H](N)c1cccc(C(=O)O)n1. The van der Waals surface area contributed by atoms with E-state index in [-0.39, 0.29) is 12.2 Å². The van der Waals surface area contributed by atoms with E-state index >= 15 is 0 Å². The van der Waals surface area contributed by atoms with Crippen molar-refractivity contribution in [2.45, 2.75) is 6.04 Å². The van der Waals surface area contributed by atoms with E-state index in [1.807, 2.05) is 0 Å². The Morgan fingerprint density at radius 3 is 2.85 bits per heavy atom. The molecule has 70 valence electrons. The minimum atomic E-state index is -1.06. The third-order valence-electron chi connectivity index (χ3n) is 1.62. The maximum absolute atomic E-state index is 10.5. The summed E-state index contributed by atoms with van der Waals surface area (Å²) in [5, 5.41) is 8.63. The maximum atomic E-state index is 10.5. The lowest BCUT2D eigenvalue weighted by atomic mass is 10.2. The average molecular weight is 181 g/mol. The van der Waals surface area contributed by atoms with Crippen molar-refractivity contribution in [2.75, 3.05) is 6.54 Å². The van der Waals surface area contributed by atoms with Crippen LogP contribution >= 0.6 is 0 Å². The zero-order valence-corrected chi connectivity index (χ0v) is 6.97. The summed E-state index contributed by atoms with van der Waals surface area (Å²) < 4.78 is 0. The molecule has 5 nitrogen and oxygen atoms in total. The summed E-state index contributed by atoms with van der Waals surface area (Å²) >= 11 is 0. The summed E-state index contributed by atoms with van der Waals surface area (Å²) in [6.07, 6.45) is 0. The number of rotatable bonds is 3. The number of pyridine rings is 1. The first-order valence-corrected chi connectivity index (χ1v) is 3.81. The highest BCUT2D eigenvalue weighted by molar-refractivity contribution is 5.85. The van der Waals surface area contributed by atoms with Crippen LogP contribution in [0.15, 0.2) is 18.2 Å². The molecule has 1 rings (SSSR count). The van der Waals surface area contributed by atoms with Gasteiger partial charge in [0.1, 0.15) is 5.69 Å². The molecule has 0 fully saturated rings. The fourth-order valence-corrected chi connectivity index (χ4v) is 0.898. The van der Waals surface area contributed by atoms with Crippen molar-refractivity contribution < 1.29 is 9.90 Å². The van der Waals surface area contributed by atoms with Gasteiger partial charge in [-0.1, -0.05) is 6.07 Å². The first kappa shape index (κ1) is 9.63. The van der Waals surface area contributed by atoms with Crippen molar-refractivity contribution in [3.8, 4) is 0 Å². The van der Waals surface area contributed by atoms with Gasteiger partial charge in [-0.05, 0) is 12.1 Å². The molecule has 13 heavy (non-hydrogen) atoms. The zero-order valence-electron chi connectivity index (χ0n) is 6.97. The van der Waals surface area contributed by atoms with Crippen LogP contribution in [0.4, 0.5) is 0 Å². The van der Waals surface area contributed by atoms with Crippen LogP contribution in [0.25, 0.3) is 0 Å². The number of hydrogen-bond acceptors (Lipinski definition) is 4. The molecule has 0 radical (unpaired) electrons. The second-order valence-electron chi connectivity index (χ2n) is 2.60. The van der Waals surface area contributed by atoms with Crippen molar-refractivity contribution in [3.63, 3.8) is 0 Å². The Balaban J connectivity index is 2.98. The topological polar surface area (TPSA) is 102 Å². The first-order valence-electron chi connectivity index (χ1n) is 3.81. The standard InChI is InChI=1S/C8H11N3O2/c9-4-5(10)6-2-1-3-7(11-6)8(12)13/h1-3,5H,4,9-10H2,(H,12,13)/t5-/m1/s1. The fraction of sp³-hybridized carbons (Fsp3) is 0.250. The van der Waals surface area contributed by atoms with Crippen molar-refractivity contribution >= 4 is 5.97 Å². The largest absolute Gasteiger partial charge is 0.477 e. The predicted octanol–water partition coefficient (Wildman–Crippen LogP) is -0.262. The van der Waals surface area contributed by atoms with Crippen LogP contribution in [0.5, 0.6) is 0 Å². The molecule has 0 amide bonds. The smallest absolute Gasteiger partial charge is 0.354 e. The molecule has 1 aromatic rings. The number of carbonyl (C=O) groups is 1. The second kappa shape index (κ2) is 3.97. The Morgan fingerprint density at radius 2 is 2.31 bits per heavy atom. The molecule has 1 aromatic heterocycles. The van der Waals surface area contributed by atoms with Crippen LogP contribution < -0.4 is 11.5 Å². The molecule has 0 unspecified atom stereocenters. The molecular weight excluding hydrogens is 170 g/mol. The van der Waals surface area contributed by atoms with Crippen LogP contribution in [0.1, 0.15) is 22.2 Å². The van der Waals surface area contributed by atoms with E-state index in [1.165, 1.54) is 6.07 Å². The maximum Gasteiger partial charge on any atom is 0.354 e. The van der Waals surface area contributed by atoms with Gasteiger partial charge in [0.15, 0.2) is 0 Å².